The van der Waals surface area contributed by atoms with Gasteiger partial charge in [0.25, 0.3) is 0 Å². The number of fused-ring (bicyclic) bond motifs is 1. The first-order valence-electron chi connectivity index (χ1n) is 9.02. The Balaban J connectivity index is 1.65. The first-order valence-corrected chi connectivity index (χ1v) is 9.02. The highest BCUT2D eigenvalue weighted by Gasteiger charge is 2.25. The lowest BCUT2D eigenvalue weighted by molar-refractivity contribution is 0.389. The van der Waals surface area contributed by atoms with Crippen LogP contribution >= 0.6 is 0 Å². The Morgan fingerprint density at radius 3 is 1.73 bits per heavy atom. The second-order valence-electron chi connectivity index (χ2n) is 7.21. The van der Waals surface area contributed by atoms with Crippen LogP contribution in [0.1, 0.15) is 29.8 Å². The van der Waals surface area contributed by atoms with E-state index in [4.69, 9.17) is 9.05 Å². The van der Waals surface area contributed by atoms with Gasteiger partial charge in [0.2, 0.25) is 0 Å². The van der Waals surface area contributed by atoms with Gasteiger partial charge in [-0.3, -0.25) is 0 Å². The Kier molecular flexibility index (Phi) is 4.41. The molecule has 4 rings (SSSR count). The fourth-order valence-corrected chi connectivity index (χ4v) is 3.68. The third-order valence-corrected chi connectivity index (χ3v) is 4.69. The second-order valence-corrected chi connectivity index (χ2v) is 7.21. The molecule has 1 aliphatic rings. The smallest absolute Gasteiger partial charge is 0.133 e. The predicted molar refractivity (Wildman–Crippen MR) is 100 cm³/mol. The molecule has 0 radical (unpaired) electrons. The molecule has 1 aromatic carbocycles. The summed E-state index contributed by atoms with van der Waals surface area (Å²) in [7, 11) is 0. The third-order valence-electron chi connectivity index (χ3n) is 4.69. The van der Waals surface area contributed by atoms with Crippen LogP contribution in [0.25, 0.3) is 0 Å². The quantitative estimate of drug-likeness (QED) is 0.709. The normalized spacial score (nSPS) is 15.2. The summed E-state index contributed by atoms with van der Waals surface area (Å²) in [5.41, 5.74) is 4.37. The maximum atomic E-state index is 5.25. The summed E-state index contributed by atoms with van der Waals surface area (Å²) in [6.45, 7) is 9.57. The van der Waals surface area contributed by atoms with Gasteiger partial charge in [-0.2, -0.15) is 0 Å². The molecule has 0 unspecified atom stereocenters. The molecule has 1 aliphatic heterocycles. The van der Waals surface area contributed by atoms with Crippen LogP contribution in [-0.2, 0) is 13.1 Å². The van der Waals surface area contributed by atoms with Crippen molar-refractivity contribution in [2.24, 2.45) is 5.92 Å². The highest BCUT2D eigenvalue weighted by Crippen LogP contribution is 2.35. The van der Waals surface area contributed by atoms with Crippen molar-refractivity contribution >= 4 is 11.4 Å². The molecule has 6 nitrogen and oxygen atoms in total. The molecular weight excluding hydrogens is 328 g/mol. The molecule has 0 bridgehead atoms. The molecule has 0 amide bonds. The Labute approximate surface area is 153 Å². The molecule has 0 aliphatic carbocycles. The Morgan fingerprint density at radius 2 is 1.35 bits per heavy atom. The summed E-state index contributed by atoms with van der Waals surface area (Å²) in [5.74, 6) is 2.20. The van der Waals surface area contributed by atoms with E-state index >= 15 is 0 Å². The summed E-state index contributed by atoms with van der Waals surface area (Å²) in [4.78, 5) is 4.79. The lowest BCUT2D eigenvalue weighted by Crippen LogP contribution is -2.30. The Bertz CT molecular complexity index is 814. The molecule has 26 heavy (non-hydrogen) atoms. The van der Waals surface area contributed by atoms with Gasteiger partial charge in [-0.05, 0) is 31.9 Å². The zero-order valence-electron chi connectivity index (χ0n) is 15.5. The molecule has 0 N–H and O–H groups in total. The topological polar surface area (TPSA) is 58.5 Å². The largest absolute Gasteiger partial charge is 0.363 e. The van der Waals surface area contributed by atoms with E-state index in [-0.39, 0.29) is 0 Å². The second kappa shape index (κ2) is 6.86. The van der Waals surface area contributed by atoms with Crippen LogP contribution in [0.2, 0.25) is 0 Å². The molecule has 6 heteroatoms. The maximum Gasteiger partial charge on any atom is 0.133 e. The van der Waals surface area contributed by atoms with Crippen molar-refractivity contribution in [1.82, 2.24) is 10.3 Å². The monoisotopic (exact) mass is 352 g/mol. The standard InChI is InChI=1S/C20H24N4O2/c1-14-10-23(12-17-8-15(2)25-21-17)19-6-4-5-7-20(19)24(11-14)13-18-9-16(3)26-22-18/h4-9,14H,10-13H2,1-3H3. The number of hydrogen-bond donors (Lipinski definition) is 0. The SMILES string of the molecule is Cc1cc(CN2CC(C)CN(Cc3cc(C)on3)c3ccccc32)no1. The molecule has 3 aromatic rings. The van der Waals surface area contributed by atoms with E-state index in [0.29, 0.717) is 5.92 Å². The molecule has 136 valence electrons. The predicted octanol–water partition coefficient (Wildman–Crippen LogP) is 3.94. The zero-order chi connectivity index (χ0) is 18.1. The molecule has 0 spiro atoms. The van der Waals surface area contributed by atoms with Crippen LogP contribution in [-0.4, -0.2) is 23.4 Å². The lowest BCUT2D eigenvalue weighted by Gasteiger charge is -2.26. The van der Waals surface area contributed by atoms with E-state index in [1.807, 2.05) is 26.0 Å². The molecule has 0 atom stereocenters. The maximum absolute atomic E-state index is 5.25. The van der Waals surface area contributed by atoms with Gasteiger partial charge in [0, 0.05) is 25.2 Å². The average Bonchev–Trinajstić information content (AvgIpc) is 3.18. The lowest BCUT2D eigenvalue weighted by atomic mass is 10.1. The summed E-state index contributed by atoms with van der Waals surface area (Å²) in [6.07, 6.45) is 0. The number of anilines is 2. The summed E-state index contributed by atoms with van der Waals surface area (Å²) >= 11 is 0. The van der Waals surface area contributed by atoms with Crippen LogP contribution < -0.4 is 9.80 Å². The van der Waals surface area contributed by atoms with Gasteiger partial charge in [-0.25, -0.2) is 0 Å². The van der Waals surface area contributed by atoms with Gasteiger partial charge in [0.1, 0.15) is 22.9 Å². The minimum atomic E-state index is 0.503. The van der Waals surface area contributed by atoms with Crippen LogP contribution in [0.3, 0.4) is 0 Å². The summed E-state index contributed by atoms with van der Waals surface area (Å²) in [6, 6.07) is 12.6. The van der Waals surface area contributed by atoms with Gasteiger partial charge in [0.15, 0.2) is 0 Å². The van der Waals surface area contributed by atoms with Crippen molar-refractivity contribution in [3.05, 3.63) is 59.3 Å². The van der Waals surface area contributed by atoms with Gasteiger partial charge < -0.3 is 18.8 Å². The molecule has 3 heterocycles. The fourth-order valence-electron chi connectivity index (χ4n) is 3.68. The van der Waals surface area contributed by atoms with Crippen molar-refractivity contribution in [2.75, 3.05) is 22.9 Å². The first-order chi connectivity index (χ1) is 12.6. The van der Waals surface area contributed by atoms with E-state index in [0.717, 1.165) is 49.1 Å². The first kappa shape index (κ1) is 16.7. The van der Waals surface area contributed by atoms with Crippen LogP contribution in [0.15, 0.2) is 45.4 Å². The fraction of sp³-hybridized carbons (Fsp3) is 0.400. The van der Waals surface area contributed by atoms with Crippen molar-refractivity contribution in [1.29, 1.82) is 0 Å². The number of nitrogens with zero attached hydrogens (tertiary/aromatic N) is 4. The van der Waals surface area contributed by atoms with Crippen molar-refractivity contribution in [3.63, 3.8) is 0 Å². The van der Waals surface area contributed by atoms with Crippen LogP contribution in [0, 0.1) is 19.8 Å². The van der Waals surface area contributed by atoms with Crippen LogP contribution in [0.5, 0.6) is 0 Å². The van der Waals surface area contributed by atoms with Gasteiger partial charge in [0.05, 0.1) is 24.5 Å². The number of hydrogen-bond acceptors (Lipinski definition) is 6. The van der Waals surface area contributed by atoms with E-state index < -0.39 is 0 Å². The van der Waals surface area contributed by atoms with Crippen molar-refractivity contribution in [2.45, 2.75) is 33.9 Å². The number of aryl methyl sites for hydroxylation is 2. The van der Waals surface area contributed by atoms with Gasteiger partial charge >= 0.3 is 0 Å². The molecule has 0 fully saturated rings. The van der Waals surface area contributed by atoms with Gasteiger partial charge in [-0.15, -0.1) is 0 Å². The van der Waals surface area contributed by atoms with E-state index in [1.165, 1.54) is 11.4 Å². The van der Waals surface area contributed by atoms with E-state index in [2.05, 4.69) is 51.3 Å². The molecule has 0 saturated carbocycles. The van der Waals surface area contributed by atoms with Gasteiger partial charge in [-0.1, -0.05) is 29.4 Å². The summed E-state index contributed by atoms with van der Waals surface area (Å²) < 4.78 is 10.5. The van der Waals surface area contributed by atoms with Crippen LogP contribution in [0.4, 0.5) is 11.4 Å². The molecule has 0 saturated heterocycles. The third kappa shape index (κ3) is 3.45. The minimum Gasteiger partial charge on any atom is -0.363 e. The van der Waals surface area contributed by atoms with E-state index in [1.54, 1.807) is 0 Å². The number of aromatic nitrogens is 2. The number of para-hydroxylation sites is 2. The number of benzene rings is 1. The highest BCUT2D eigenvalue weighted by atomic mass is 16.5. The average molecular weight is 352 g/mol. The summed E-state index contributed by atoms with van der Waals surface area (Å²) in [5, 5.41) is 8.35. The Morgan fingerprint density at radius 1 is 0.885 bits per heavy atom. The van der Waals surface area contributed by atoms with Crippen molar-refractivity contribution < 1.29 is 9.05 Å². The van der Waals surface area contributed by atoms with Crippen molar-refractivity contribution in [3.8, 4) is 0 Å². The minimum absolute atomic E-state index is 0.503. The Hall–Kier alpha value is -2.76. The highest BCUT2D eigenvalue weighted by molar-refractivity contribution is 5.72. The number of rotatable bonds is 4. The van der Waals surface area contributed by atoms with E-state index in [9.17, 15) is 0 Å². The zero-order valence-corrected chi connectivity index (χ0v) is 15.5. The molecular formula is C20H24N4O2. The molecule has 2 aromatic heterocycles.